The van der Waals surface area contributed by atoms with Gasteiger partial charge in [-0.2, -0.15) is 0 Å². The topological polar surface area (TPSA) is 75.1 Å². The zero-order valence-corrected chi connectivity index (χ0v) is 11.6. The van der Waals surface area contributed by atoms with Gasteiger partial charge in [-0.15, -0.1) is 0 Å². The molecular formula is C16H17N3O2. The number of benzene rings is 1. The number of aromatic nitrogens is 2. The average molecular weight is 283 g/mol. The number of rotatable bonds is 4. The first-order valence-electron chi connectivity index (χ1n) is 7.08. The highest BCUT2D eigenvalue weighted by molar-refractivity contribution is 5.89. The van der Waals surface area contributed by atoms with Crippen molar-refractivity contribution in [2.24, 2.45) is 5.92 Å². The molecule has 0 spiro atoms. The summed E-state index contributed by atoms with van der Waals surface area (Å²) in [5.41, 5.74) is 2.73. The average Bonchev–Trinajstić information content (AvgIpc) is 3.00. The minimum absolute atomic E-state index is 0.264. The van der Waals surface area contributed by atoms with Gasteiger partial charge in [0.15, 0.2) is 0 Å². The van der Waals surface area contributed by atoms with Crippen LogP contribution in [0.4, 0.5) is 0 Å². The Balaban J connectivity index is 1.85. The van der Waals surface area contributed by atoms with Crippen LogP contribution in [0.25, 0.3) is 11.3 Å². The predicted octanol–water partition coefficient (Wildman–Crippen LogP) is 1.99. The number of hydrogen-bond acceptors (Lipinski definition) is 4. The van der Waals surface area contributed by atoms with Gasteiger partial charge in [-0.05, 0) is 44.0 Å². The zero-order valence-electron chi connectivity index (χ0n) is 11.6. The third kappa shape index (κ3) is 3.25. The number of nitrogens with one attached hydrogen (secondary N) is 1. The minimum Gasteiger partial charge on any atom is -0.478 e. The van der Waals surface area contributed by atoms with E-state index in [1.54, 1.807) is 30.6 Å². The van der Waals surface area contributed by atoms with Gasteiger partial charge in [0.1, 0.15) is 0 Å². The van der Waals surface area contributed by atoms with Gasteiger partial charge >= 0.3 is 5.97 Å². The first-order valence-corrected chi connectivity index (χ1v) is 7.08. The molecule has 108 valence electrons. The maximum Gasteiger partial charge on any atom is 0.335 e. The lowest BCUT2D eigenvalue weighted by Gasteiger charge is -2.08. The molecule has 5 heteroatoms. The monoisotopic (exact) mass is 283 g/mol. The van der Waals surface area contributed by atoms with E-state index in [1.807, 2.05) is 6.07 Å². The van der Waals surface area contributed by atoms with Crippen molar-refractivity contribution in [1.82, 2.24) is 15.3 Å². The van der Waals surface area contributed by atoms with Gasteiger partial charge in [0, 0.05) is 11.8 Å². The molecule has 0 aliphatic carbocycles. The lowest BCUT2D eigenvalue weighted by molar-refractivity contribution is 0.0697. The first-order chi connectivity index (χ1) is 10.2. The van der Waals surface area contributed by atoms with Crippen molar-refractivity contribution < 1.29 is 9.90 Å². The van der Waals surface area contributed by atoms with Gasteiger partial charge in [0.25, 0.3) is 0 Å². The van der Waals surface area contributed by atoms with Crippen molar-refractivity contribution in [2.45, 2.75) is 12.8 Å². The summed E-state index contributed by atoms with van der Waals surface area (Å²) in [5, 5.41) is 12.4. The Hall–Kier alpha value is -2.27. The Labute approximate surface area is 123 Å². The summed E-state index contributed by atoms with van der Waals surface area (Å²) in [7, 11) is 0. The highest BCUT2D eigenvalue weighted by Crippen LogP contribution is 2.20. The van der Waals surface area contributed by atoms with Crippen LogP contribution >= 0.6 is 0 Å². The summed E-state index contributed by atoms with van der Waals surface area (Å²) >= 11 is 0. The molecule has 5 nitrogen and oxygen atoms in total. The van der Waals surface area contributed by atoms with E-state index in [2.05, 4.69) is 15.3 Å². The molecule has 0 amide bonds. The quantitative estimate of drug-likeness (QED) is 0.897. The summed E-state index contributed by atoms with van der Waals surface area (Å²) in [6.07, 6.45) is 5.55. The summed E-state index contributed by atoms with van der Waals surface area (Å²) in [6, 6.07) is 6.80. The van der Waals surface area contributed by atoms with E-state index in [1.165, 1.54) is 6.42 Å². The van der Waals surface area contributed by atoms with Crippen molar-refractivity contribution in [3.8, 4) is 11.3 Å². The lowest BCUT2D eigenvalue weighted by atomic mass is 10.0. The van der Waals surface area contributed by atoms with Crippen molar-refractivity contribution in [2.75, 3.05) is 13.1 Å². The van der Waals surface area contributed by atoms with Crippen LogP contribution in [-0.4, -0.2) is 34.1 Å². The van der Waals surface area contributed by atoms with Crippen LogP contribution in [0.3, 0.4) is 0 Å². The maximum atomic E-state index is 11.0. The molecule has 1 saturated heterocycles. The summed E-state index contributed by atoms with van der Waals surface area (Å²) < 4.78 is 0. The fourth-order valence-corrected chi connectivity index (χ4v) is 2.64. The molecule has 1 aromatic carbocycles. The van der Waals surface area contributed by atoms with E-state index in [-0.39, 0.29) is 5.56 Å². The van der Waals surface area contributed by atoms with Gasteiger partial charge in [0.05, 0.1) is 23.1 Å². The standard InChI is InChI=1S/C16H17N3O2/c20-16(21)13-3-1-2-12(7-13)15-10-18-9-14(19-15)6-11-4-5-17-8-11/h1-3,7,9-11,17H,4-6,8H2,(H,20,21). The van der Waals surface area contributed by atoms with Gasteiger partial charge in [-0.1, -0.05) is 12.1 Å². The van der Waals surface area contributed by atoms with Crippen molar-refractivity contribution >= 4 is 5.97 Å². The zero-order chi connectivity index (χ0) is 14.7. The van der Waals surface area contributed by atoms with Gasteiger partial charge in [0.2, 0.25) is 0 Å². The van der Waals surface area contributed by atoms with E-state index in [0.29, 0.717) is 5.92 Å². The van der Waals surface area contributed by atoms with Crippen LogP contribution in [0.15, 0.2) is 36.7 Å². The fourth-order valence-electron chi connectivity index (χ4n) is 2.64. The second-order valence-electron chi connectivity index (χ2n) is 5.34. The van der Waals surface area contributed by atoms with Crippen LogP contribution < -0.4 is 5.32 Å². The molecule has 1 fully saturated rings. The highest BCUT2D eigenvalue weighted by Gasteiger charge is 2.16. The summed E-state index contributed by atoms with van der Waals surface area (Å²) in [6.45, 7) is 2.10. The van der Waals surface area contributed by atoms with Gasteiger partial charge < -0.3 is 10.4 Å². The molecule has 2 aromatic rings. The number of carbonyl (C=O) groups is 1. The Morgan fingerprint density at radius 3 is 3.05 bits per heavy atom. The van der Waals surface area contributed by atoms with E-state index in [0.717, 1.165) is 36.5 Å². The van der Waals surface area contributed by atoms with Crippen molar-refractivity contribution in [1.29, 1.82) is 0 Å². The second kappa shape index (κ2) is 6.01. The van der Waals surface area contributed by atoms with Crippen LogP contribution in [0, 0.1) is 5.92 Å². The third-order valence-corrected chi connectivity index (χ3v) is 3.75. The molecule has 2 N–H and O–H groups in total. The molecule has 1 unspecified atom stereocenters. The Morgan fingerprint density at radius 1 is 1.38 bits per heavy atom. The molecule has 1 aliphatic rings. The lowest BCUT2D eigenvalue weighted by Crippen LogP contribution is -2.11. The largest absolute Gasteiger partial charge is 0.478 e. The van der Waals surface area contributed by atoms with Crippen molar-refractivity contribution in [3.05, 3.63) is 47.9 Å². The number of hydrogen-bond donors (Lipinski definition) is 2. The fraction of sp³-hybridized carbons (Fsp3) is 0.312. The Bertz CT molecular complexity index is 651. The van der Waals surface area contributed by atoms with E-state index in [9.17, 15) is 4.79 Å². The normalized spacial score (nSPS) is 17.8. The van der Waals surface area contributed by atoms with E-state index < -0.39 is 5.97 Å². The second-order valence-corrected chi connectivity index (χ2v) is 5.34. The smallest absolute Gasteiger partial charge is 0.335 e. The molecule has 3 rings (SSSR count). The number of carboxylic acid groups (broad SMARTS) is 1. The van der Waals surface area contributed by atoms with Crippen LogP contribution in [0.1, 0.15) is 22.5 Å². The molecule has 1 aliphatic heterocycles. The summed E-state index contributed by atoms with van der Waals surface area (Å²) in [4.78, 5) is 19.9. The highest BCUT2D eigenvalue weighted by atomic mass is 16.4. The summed E-state index contributed by atoms with van der Waals surface area (Å²) in [5.74, 6) is -0.321. The molecule has 0 saturated carbocycles. The van der Waals surface area contributed by atoms with Crippen LogP contribution in [0.2, 0.25) is 0 Å². The number of aromatic carboxylic acids is 1. The van der Waals surface area contributed by atoms with E-state index in [4.69, 9.17) is 5.11 Å². The van der Waals surface area contributed by atoms with Crippen LogP contribution in [0.5, 0.6) is 0 Å². The molecular weight excluding hydrogens is 266 g/mol. The molecule has 21 heavy (non-hydrogen) atoms. The number of carboxylic acids is 1. The minimum atomic E-state index is -0.932. The number of nitrogens with zero attached hydrogens (tertiary/aromatic N) is 2. The van der Waals surface area contributed by atoms with Gasteiger partial charge in [-0.25, -0.2) is 9.78 Å². The molecule has 2 heterocycles. The van der Waals surface area contributed by atoms with Crippen LogP contribution in [-0.2, 0) is 6.42 Å². The predicted molar refractivity (Wildman–Crippen MR) is 79.1 cm³/mol. The van der Waals surface area contributed by atoms with Crippen molar-refractivity contribution in [3.63, 3.8) is 0 Å². The molecule has 0 radical (unpaired) electrons. The van der Waals surface area contributed by atoms with Gasteiger partial charge in [-0.3, -0.25) is 4.98 Å². The van der Waals surface area contributed by atoms with E-state index >= 15 is 0 Å². The third-order valence-electron chi connectivity index (χ3n) is 3.75. The first kappa shape index (κ1) is 13.7. The molecule has 0 bridgehead atoms. The SMILES string of the molecule is O=C(O)c1cccc(-c2cncc(CC3CCNC3)n2)c1. The molecule has 1 atom stereocenters. The maximum absolute atomic E-state index is 11.0. The Kier molecular flexibility index (Phi) is 3.92. The molecule has 1 aromatic heterocycles. The Morgan fingerprint density at radius 2 is 2.29 bits per heavy atom.